The standard InChI is InChI=1S/C9H14O/c1-4-8(2)5-6-9(3)7-10/h4,6-8H,1,5H2,2-3H3/b9-6+. The molecule has 0 bridgehead atoms. The molecule has 1 unspecified atom stereocenters. The van der Waals surface area contributed by atoms with Gasteiger partial charge in [0, 0.05) is 0 Å². The lowest BCUT2D eigenvalue weighted by Gasteiger charge is -1.98. The van der Waals surface area contributed by atoms with E-state index in [9.17, 15) is 4.79 Å². The van der Waals surface area contributed by atoms with E-state index in [-0.39, 0.29) is 0 Å². The number of carbonyl (C=O) groups excluding carboxylic acids is 1. The Hall–Kier alpha value is -0.850. The van der Waals surface area contributed by atoms with Crippen molar-refractivity contribution >= 4 is 6.29 Å². The molecule has 0 aliphatic rings. The van der Waals surface area contributed by atoms with E-state index in [0.29, 0.717) is 5.92 Å². The van der Waals surface area contributed by atoms with Crippen molar-refractivity contribution < 1.29 is 4.79 Å². The van der Waals surface area contributed by atoms with E-state index >= 15 is 0 Å². The van der Waals surface area contributed by atoms with Crippen molar-refractivity contribution in [2.75, 3.05) is 0 Å². The molecule has 0 amide bonds. The van der Waals surface area contributed by atoms with Crippen LogP contribution in [0.1, 0.15) is 20.3 Å². The molecule has 0 saturated carbocycles. The third-order valence-corrected chi connectivity index (χ3v) is 1.40. The van der Waals surface area contributed by atoms with Crippen LogP contribution >= 0.6 is 0 Å². The number of rotatable bonds is 4. The van der Waals surface area contributed by atoms with E-state index in [1.165, 1.54) is 0 Å². The van der Waals surface area contributed by atoms with Gasteiger partial charge in [-0.15, -0.1) is 6.58 Å². The highest BCUT2D eigenvalue weighted by atomic mass is 16.1. The minimum absolute atomic E-state index is 0.467. The van der Waals surface area contributed by atoms with Gasteiger partial charge >= 0.3 is 0 Å². The van der Waals surface area contributed by atoms with E-state index in [0.717, 1.165) is 18.3 Å². The maximum absolute atomic E-state index is 10.1. The van der Waals surface area contributed by atoms with Gasteiger partial charge in [-0.3, -0.25) is 4.79 Å². The minimum Gasteiger partial charge on any atom is -0.298 e. The summed E-state index contributed by atoms with van der Waals surface area (Å²) in [7, 11) is 0. The summed E-state index contributed by atoms with van der Waals surface area (Å²) < 4.78 is 0. The fourth-order valence-corrected chi connectivity index (χ4v) is 0.516. The summed E-state index contributed by atoms with van der Waals surface area (Å²) in [5.74, 6) is 0.467. The highest BCUT2D eigenvalue weighted by Crippen LogP contribution is 2.04. The highest BCUT2D eigenvalue weighted by molar-refractivity contribution is 5.71. The van der Waals surface area contributed by atoms with Crippen LogP contribution < -0.4 is 0 Å². The van der Waals surface area contributed by atoms with Gasteiger partial charge in [0.15, 0.2) is 0 Å². The van der Waals surface area contributed by atoms with Crippen molar-refractivity contribution in [1.82, 2.24) is 0 Å². The zero-order chi connectivity index (χ0) is 7.98. The van der Waals surface area contributed by atoms with E-state index in [1.54, 1.807) is 0 Å². The predicted octanol–water partition coefficient (Wildman–Crippen LogP) is 2.34. The van der Waals surface area contributed by atoms with E-state index in [1.807, 2.05) is 19.1 Å². The molecule has 0 heterocycles. The fourth-order valence-electron chi connectivity index (χ4n) is 0.516. The second kappa shape index (κ2) is 4.98. The van der Waals surface area contributed by atoms with E-state index in [4.69, 9.17) is 0 Å². The molecule has 0 fully saturated rings. The Labute approximate surface area is 62.4 Å². The molecule has 0 saturated heterocycles. The van der Waals surface area contributed by atoms with Gasteiger partial charge in [0.05, 0.1) is 0 Å². The molecular weight excluding hydrogens is 124 g/mol. The number of hydrogen-bond acceptors (Lipinski definition) is 1. The van der Waals surface area contributed by atoms with Crippen LogP contribution in [-0.4, -0.2) is 6.29 Å². The summed E-state index contributed by atoms with van der Waals surface area (Å²) in [4.78, 5) is 10.1. The topological polar surface area (TPSA) is 17.1 Å². The van der Waals surface area contributed by atoms with Crippen LogP contribution in [0.4, 0.5) is 0 Å². The average Bonchev–Trinajstić information content (AvgIpc) is 1.99. The van der Waals surface area contributed by atoms with Crippen molar-refractivity contribution in [3.8, 4) is 0 Å². The summed E-state index contributed by atoms with van der Waals surface area (Å²) in [5, 5.41) is 0. The van der Waals surface area contributed by atoms with Gasteiger partial charge in [-0.25, -0.2) is 0 Å². The maximum atomic E-state index is 10.1. The molecule has 0 aliphatic carbocycles. The average molecular weight is 138 g/mol. The maximum Gasteiger partial charge on any atom is 0.145 e. The highest BCUT2D eigenvalue weighted by Gasteiger charge is 1.91. The molecule has 0 aromatic heterocycles. The molecule has 1 heteroatoms. The van der Waals surface area contributed by atoms with Gasteiger partial charge in [-0.2, -0.15) is 0 Å². The first-order valence-electron chi connectivity index (χ1n) is 3.45. The quantitative estimate of drug-likeness (QED) is 0.331. The molecule has 0 radical (unpaired) electrons. The smallest absolute Gasteiger partial charge is 0.145 e. The SMILES string of the molecule is C=CC(C)C/C=C(\C)C=O. The Bertz CT molecular complexity index is 145. The lowest BCUT2D eigenvalue weighted by atomic mass is 10.1. The van der Waals surface area contributed by atoms with Crippen LogP contribution in [0.25, 0.3) is 0 Å². The molecule has 0 aliphatic heterocycles. The molecule has 56 valence electrons. The van der Waals surface area contributed by atoms with Crippen molar-refractivity contribution in [2.45, 2.75) is 20.3 Å². The normalized spacial score (nSPS) is 14.4. The van der Waals surface area contributed by atoms with Gasteiger partial charge in [-0.05, 0) is 24.8 Å². The van der Waals surface area contributed by atoms with Crippen molar-refractivity contribution in [3.05, 3.63) is 24.3 Å². The molecule has 1 atom stereocenters. The van der Waals surface area contributed by atoms with Gasteiger partial charge in [-0.1, -0.05) is 19.1 Å². The Morgan fingerprint density at radius 2 is 2.30 bits per heavy atom. The van der Waals surface area contributed by atoms with Crippen LogP contribution in [0.15, 0.2) is 24.3 Å². The summed E-state index contributed by atoms with van der Waals surface area (Å²) >= 11 is 0. The Balaban J connectivity index is 3.70. The fraction of sp³-hybridized carbons (Fsp3) is 0.444. The molecule has 10 heavy (non-hydrogen) atoms. The summed E-state index contributed by atoms with van der Waals surface area (Å²) in [6, 6.07) is 0. The van der Waals surface area contributed by atoms with Gasteiger partial charge in [0.25, 0.3) is 0 Å². The van der Waals surface area contributed by atoms with Crippen LogP contribution in [0.5, 0.6) is 0 Å². The van der Waals surface area contributed by atoms with E-state index < -0.39 is 0 Å². The number of allylic oxidation sites excluding steroid dienone is 3. The van der Waals surface area contributed by atoms with Gasteiger partial charge in [0.1, 0.15) is 6.29 Å². The molecule has 0 rings (SSSR count). The summed E-state index contributed by atoms with van der Waals surface area (Å²) in [5.41, 5.74) is 0.800. The van der Waals surface area contributed by atoms with Crippen molar-refractivity contribution in [2.24, 2.45) is 5.92 Å². The second-order valence-electron chi connectivity index (χ2n) is 2.51. The van der Waals surface area contributed by atoms with E-state index in [2.05, 4.69) is 13.5 Å². The molecule has 0 N–H and O–H groups in total. The largest absolute Gasteiger partial charge is 0.298 e. The minimum atomic E-state index is 0.467. The molecule has 0 spiro atoms. The lowest BCUT2D eigenvalue weighted by molar-refractivity contribution is -0.104. The van der Waals surface area contributed by atoms with Gasteiger partial charge < -0.3 is 0 Å². The van der Waals surface area contributed by atoms with Crippen molar-refractivity contribution in [3.63, 3.8) is 0 Å². The van der Waals surface area contributed by atoms with Crippen LogP contribution in [0.2, 0.25) is 0 Å². The Morgan fingerprint density at radius 3 is 2.70 bits per heavy atom. The van der Waals surface area contributed by atoms with Gasteiger partial charge in [0.2, 0.25) is 0 Å². The first-order valence-corrected chi connectivity index (χ1v) is 3.45. The molecule has 1 nitrogen and oxygen atoms in total. The zero-order valence-corrected chi connectivity index (χ0v) is 6.63. The second-order valence-corrected chi connectivity index (χ2v) is 2.51. The Kier molecular flexibility index (Phi) is 4.55. The van der Waals surface area contributed by atoms with Crippen LogP contribution in [-0.2, 0) is 4.79 Å². The van der Waals surface area contributed by atoms with Crippen LogP contribution in [0.3, 0.4) is 0 Å². The molecule has 0 aromatic carbocycles. The Morgan fingerprint density at radius 1 is 1.70 bits per heavy atom. The lowest BCUT2D eigenvalue weighted by Crippen LogP contribution is -1.86. The molecule has 0 aromatic rings. The zero-order valence-electron chi connectivity index (χ0n) is 6.63. The summed E-state index contributed by atoms with van der Waals surface area (Å²) in [6.45, 7) is 7.53. The summed E-state index contributed by atoms with van der Waals surface area (Å²) in [6.07, 6.45) is 5.60. The first kappa shape index (κ1) is 9.15. The predicted molar refractivity (Wildman–Crippen MR) is 43.8 cm³/mol. The third-order valence-electron chi connectivity index (χ3n) is 1.40. The monoisotopic (exact) mass is 138 g/mol. The number of aldehydes is 1. The van der Waals surface area contributed by atoms with Crippen molar-refractivity contribution in [1.29, 1.82) is 0 Å². The third kappa shape index (κ3) is 4.07. The molecular formula is C9H14O. The number of carbonyl (C=O) groups is 1. The van der Waals surface area contributed by atoms with Crippen LogP contribution in [0, 0.1) is 5.92 Å². The number of hydrogen-bond donors (Lipinski definition) is 0. The first-order chi connectivity index (χ1) is 4.70.